The molecular weight excluding hydrogens is 761 g/mol. The van der Waals surface area contributed by atoms with Crippen molar-refractivity contribution in [2.24, 2.45) is 0 Å². The third-order valence-corrected chi connectivity index (χ3v) is 12.5. The van der Waals surface area contributed by atoms with Gasteiger partial charge in [-0.25, -0.2) is 0 Å². The summed E-state index contributed by atoms with van der Waals surface area (Å²) < 4.78 is 0. The number of aliphatic hydroxyl groups excluding tert-OH is 1. The van der Waals surface area contributed by atoms with Gasteiger partial charge in [0.15, 0.2) is 6.29 Å². The van der Waals surface area contributed by atoms with Gasteiger partial charge in [-0.1, -0.05) is 25.1 Å². The number of para-hydroxylation sites is 1. The van der Waals surface area contributed by atoms with E-state index < -0.39 is 5.25 Å². The number of thiol groups is 1. The molecule has 2 amide bonds. The summed E-state index contributed by atoms with van der Waals surface area (Å²) >= 11 is 4.30. The van der Waals surface area contributed by atoms with E-state index in [1.807, 2.05) is 43.8 Å². The largest absolute Gasteiger partial charge is 0.383 e. The summed E-state index contributed by atoms with van der Waals surface area (Å²) in [5.74, 6) is -0.401. The highest BCUT2D eigenvalue weighted by Gasteiger charge is 2.40. The fourth-order valence-corrected chi connectivity index (χ4v) is 8.97. The standard InChI is InChI=1S/C46H60N8O4S/c1-7-34(19-28(2)54-43(57)21-42(59)46(54)58)52(27-56)24-39(31-13-14-31)48-26-47-30(4)45(32-15-16-32)50-33-17-18-41-36(20-33)38(22-51(5)6)44-37(29(3)49-40(44)25-55)23-53(41)35-11-9-8-10-12-35/h8-12,17-18,20,22,25,28,30,34,42,47-50,56,59H,7,13-16,19,21,23-24,26-27H2,1-6H3/b38-22-. The number of imide groups is 1. The van der Waals surface area contributed by atoms with Crippen LogP contribution in [0.15, 0.2) is 77.3 Å². The lowest BCUT2D eigenvalue weighted by molar-refractivity contribution is -0.141. The molecule has 4 aliphatic rings. The minimum absolute atomic E-state index is 0.0142. The van der Waals surface area contributed by atoms with E-state index in [1.165, 1.54) is 16.0 Å². The first-order valence-corrected chi connectivity index (χ1v) is 21.5. The Bertz CT molecular complexity index is 2150. The number of aromatic amines is 1. The molecule has 4 unspecified atom stereocenters. The number of aldehydes is 1. The van der Waals surface area contributed by atoms with E-state index in [0.29, 0.717) is 31.9 Å². The van der Waals surface area contributed by atoms with Crippen molar-refractivity contribution in [3.05, 3.63) is 105 Å². The fraction of sp³-hybridized carbons (Fsp3) is 0.457. The molecule has 2 aromatic carbocycles. The number of fused-ring (bicyclic) bond motifs is 2. The average Bonchev–Trinajstić information content (AvgIpc) is 4.16. The number of carbonyl (C=O) groups excluding carboxylic acids is 3. The molecule has 4 atom stereocenters. The van der Waals surface area contributed by atoms with Gasteiger partial charge in [-0.05, 0) is 101 Å². The minimum Gasteiger partial charge on any atom is -0.383 e. The van der Waals surface area contributed by atoms with Crippen LogP contribution in [0.4, 0.5) is 17.1 Å². The lowest BCUT2D eigenvalue weighted by Crippen LogP contribution is -2.46. The Balaban J connectivity index is 1.07. The predicted octanol–water partition coefficient (Wildman–Crippen LogP) is 6.64. The fourth-order valence-electron chi connectivity index (χ4n) is 8.69. The number of anilines is 3. The third kappa shape index (κ3) is 9.33. The Hall–Kier alpha value is -4.82. The normalized spacial score (nSPS) is 19.3. The summed E-state index contributed by atoms with van der Waals surface area (Å²) in [4.78, 5) is 48.9. The Morgan fingerprint density at radius 3 is 2.41 bits per heavy atom. The zero-order valence-corrected chi connectivity index (χ0v) is 36.2. The van der Waals surface area contributed by atoms with Crippen LogP contribution in [0.5, 0.6) is 0 Å². The summed E-state index contributed by atoms with van der Waals surface area (Å²) in [7, 11) is 4.03. The maximum atomic E-state index is 12.7. The third-order valence-electron chi connectivity index (χ3n) is 12.1. The van der Waals surface area contributed by atoms with Gasteiger partial charge in [0, 0.05) is 108 Å². The number of aromatic nitrogens is 1. The number of rotatable bonds is 18. The van der Waals surface area contributed by atoms with Gasteiger partial charge < -0.3 is 30.5 Å². The number of hydrogen-bond donors (Lipinski definition) is 6. The van der Waals surface area contributed by atoms with E-state index in [2.05, 4.69) is 101 Å². The molecule has 3 heterocycles. The Labute approximate surface area is 354 Å². The van der Waals surface area contributed by atoms with Crippen molar-refractivity contribution in [3.63, 3.8) is 0 Å². The molecule has 2 aliphatic carbocycles. The van der Waals surface area contributed by atoms with E-state index in [1.54, 1.807) is 0 Å². The summed E-state index contributed by atoms with van der Waals surface area (Å²) in [6, 6.07) is 16.7. The molecule has 5 N–H and O–H groups in total. The van der Waals surface area contributed by atoms with Crippen LogP contribution in [0, 0.1) is 6.92 Å². The molecule has 59 heavy (non-hydrogen) atoms. The highest BCUT2D eigenvalue weighted by atomic mass is 32.1. The maximum absolute atomic E-state index is 12.7. The first kappa shape index (κ1) is 42.3. The van der Waals surface area contributed by atoms with Gasteiger partial charge in [0.25, 0.3) is 0 Å². The van der Waals surface area contributed by atoms with Crippen LogP contribution in [0.2, 0.25) is 0 Å². The Kier molecular flexibility index (Phi) is 13.1. The van der Waals surface area contributed by atoms with Crippen molar-refractivity contribution in [1.29, 1.82) is 0 Å². The first-order chi connectivity index (χ1) is 28.4. The molecule has 1 saturated heterocycles. The molecule has 0 radical (unpaired) electrons. The van der Waals surface area contributed by atoms with E-state index in [9.17, 15) is 19.5 Å². The number of benzene rings is 2. The molecule has 13 heteroatoms. The van der Waals surface area contributed by atoms with Gasteiger partial charge in [0.1, 0.15) is 0 Å². The van der Waals surface area contributed by atoms with Crippen LogP contribution < -0.4 is 20.9 Å². The molecule has 7 rings (SSSR count). The first-order valence-electron chi connectivity index (χ1n) is 21.0. The second-order valence-corrected chi connectivity index (χ2v) is 17.3. The van der Waals surface area contributed by atoms with Crippen molar-refractivity contribution in [3.8, 4) is 0 Å². The van der Waals surface area contributed by atoms with Crippen LogP contribution >= 0.6 is 12.6 Å². The number of nitrogens with zero attached hydrogens (tertiary/aromatic N) is 4. The van der Waals surface area contributed by atoms with Crippen molar-refractivity contribution >= 4 is 53.4 Å². The molecule has 1 aromatic heterocycles. The number of allylic oxidation sites excluding steroid dienone is 2. The number of nitrogens with one attached hydrogen (secondary N) is 4. The predicted molar refractivity (Wildman–Crippen MR) is 238 cm³/mol. The summed E-state index contributed by atoms with van der Waals surface area (Å²) in [6.45, 7) is 9.82. The summed E-state index contributed by atoms with van der Waals surface area (Å²) in [5.41, 5.74) is 13.8. The molecule has 2 saturated carbocycles. The zero-order chi connectivity index (χ0) is 42.0. The van der Waals surface area contributed by atoms with Crippen molar-refractivity contribution in [2.75, 3.05) is 44.3 Å². The molecule has 12 nitrogen and oxygen atoms in total. The van der Waals surface area contributed by atoms with Gasteiger partial charge >= 0.3 is 0 Å². The van der Waals surface area contributed by atoms with Gasteiger partial charge in [0.2, 0.25) is 11.8 Å². The molecule has 3 aromatic rings. The van der Waals surface area contributed by atoms with Crippen LogP contribution in [0.3, 0.4) is 0 Å². The minimum atomic E-state index is -0.572. The average molecular weight is 821 g/mol. The smallest absolute Gasteiger partial charge is 0.242 e. The SMILES string of the molecule is CCC(CC(C)N1C(=O)CC(S)C1=O)N(CO)CC(NCNC(C)C(Nc1ccc2c(c1)/C(=C/N(C)C)c1c(C=O)[nH]c(C)c1CN2c1ccccc1)=C1CC1)=C1CC1. The molecule has 314 valence electrons. The lowest BCUT2D eigenvalue weighted by Gasteiger charge is -2.34. The molecular formula is C46H60N8O4S. The lowest BCUT2D eigenvalue weighted by atomic mass is 9.94. The highest BCUT2D eigenvalue weighted by Crippen LogP contribution is 2.45. The summed E-state index contributed by atoms with van der Waals surface area (Å²) in [5, 5.41) is 21.2. The van der Waals surface area contributed by atoms with Crippen molar-refractivity contribution < 1.29 is 19.5 Å². The van der Waals surface area contributed by atoms with Crippen LogP contribution in [0.25, 0.3) is 5.57 Å². The topological polar surface area (TPSA) is 136 Å². The maximum Gasteiger partial charge on any atom is 0.242 e. The second-order valence-electron chi connectivity index (χ2n) is 16.7. The van der Waals surface area contributed by atoms with Crippen LogP contribution in [0.1, 0.15) is 98.6 Å². The van der Waals surface area contributed by atoms with Gasteiger partial charge in [0.05, 0.1) is 30.9 Å². The number of aliphatic hydroxyl groups is 1. The van der Waals surface area contributed by atoms with E-state index >= 15 is 0 Å². The van der Waals surface area contributed by atoms with Crippen molar-refractivity contribution in [2.45, 2.75) is 103 Å². The number of carbonyl (C=O) groups is 3. The molecule has 2 aliphatic heterocycles. The quantitative estimate of drug-likeness (QED) is 0.0359. The molecule has 3 fully saturated rings. The van der Waals surface area contributed by atoms with E-state index in [4.69, 9.17) is 0 Å². The Morgan fingerprint density at radius 1 is 1.07 bits per heavy atom. The molecule has 0 spiro atoms. The molecule has 0 bridgehead atoms. The van der Waals surface area contributed by atoms with E-state index in [0.717, 1.165) is 94.8 Å². The zero-order valence-electron chi connectivity index (χ0n) is 35.3. The number of hydrogen-bond acceptors (Lipinski definition) is 11. The van der Waals surface area contributed by atoms with E-state index in [-0.39, 0.29) is 43.1 Å². The Morgan fingerprint density at radius 2 is 1.80 bits per heavy atom. The number of likely N-dealkylation sites (tertiary alicyclic amines) is 1. The summed E-state index contributed by atoms with van der Waals surface area (Å²) in [6.07, 6.45) is 8.71. The monoisotopic (exact) mass is 820 g/mol. The second kappa shape index (κ2) is 18.2. The van der Waals surface area contributed by atoms with Gasteiger partial charge in [-0.2, -0.15) is 12.6 Å². The highest BCUT2D eigenvalue weighted by molar-refractivity contribution is 7.81. The van der Waals surface area contributed by atoms with Crippen LogP contribution in [-0.2, 0) is 16.1 Å². The van der Waals surface area contributed by atoms with Gasteiger partial charge in [-0.15, -0.1) is 0 Å². The van der Waals surface area contributed by atoms with Gasteiger partial charge in [-0.3, -0.25) is 29.5 Å². The number of aryl methyl sites for hydroxylation is 1. The van der Waals surface area contributed by atoms with Crippen molar-refractivity contribution in [1.82, 2.24) is 30.3 Å². The van der Waals surface area contributed by atoms with Crippen LogP contribution in [-0.4, -0.2) is 100 Å². The number of H-pyrrole nitrogens is 1. The number of amides is 2.